The van der Waals surface area contributed by atoms with Crippen LogP contribution in [0.1, 0.15) is 51.3 Å². The van der Waals surface area contributed by atoms with Gasteiger partial charge in [-0.05, 0) is 56.8 Å². The number of carbonyl (C=O) groups excluding carboxylic acids is 1. The van der Waals surface area contributed by atoms with Gasteiger partial charge < -0.3 is 14.8 Å². The van der Waals surface area contributed by atoms with Crippen molar-refractivity contribution in [1.29, 1.82) is 0 Å². The first kappa shape index (κ1) is 23.0. The molecule has 1 aliphatic heterocycles. The van der Waals surface area contributed by atoms with Crippen molar-refractivity contribution in [2.75, 3.05) is 5.75 Å². The average molecular weight is 450 g/mol. The van der Waals surface area contributed by atoms with Gasteiger partial charge in [-0.1, -0.05) is 30.7 Å². The molecule has 0 aliphatic carbocycles. The van der Waals surface area contributed by atoms with E-state index in [1.807, 2.05) is 6.07 Å². The first-order chi connectivity index (χ1) is 13.9. The molecule has 1 fully saturated rings. The van der Waals surface area contributed by atoms with Crippen LogP contribution in [0.5, 0.6) is 0 Å². The van der Waals surface area contributed by atoms with Gasteiger partial charge in [0.15, 0.2) is 9.84 Å². The van der Waals surface area contributed by atoms with Crippen molar-refractivity contribution in [3.63, 3.8) is 0 Å². The van der Waals surface area contributed by atoms with Gasteiger partial charge in [0.25, 0.3) is 0 Å². The molecule has 9 heteroatoms. The third-order valence-corrected chi connectivity index (χ3v) is 9.29. The Morgan fingerprint density at radius 1 is 1.13 bits per heavy atom. The van der Waals surface area contributed by atoms with E-state index in [2.05, 4.69) is 0 Å². The number of hydrogen-bond donors (Lipinski definition) is 2. The summed E-state index contributed by atoms with van der Waals surface area (Å²) in [6.07, 6.45) is 1.53. The zero-order valence-electron chi connectivity index (χ0n) is 17.4. The van der Waals surface area contributed by atoms with Gasteiger partial charge in [-0.15, -0.1) is 11.3 Å². The van der Waals surface area contributed by atoms with Crippen LogP contribution in [0.2, 0.25) is 0 Å². The van der Waals surface area contributed by atoms with Crippen molar-refractivity contribution in [3.05, 3.63) is 41.3 Å². The van der Waals surface area contributed by atoms with Gasteiger partial charge in [-0.25, -0.2) is 8.42 Å². The molecule has 2 aromatic rings. The fourth-order valence-corrected chi connectivity index (χ4v) is 7.56. The van der Waals surface area contributed by atoms with Crippen molar-refractivity contribution >= 4 is 39.7 Å². The first-order valence-electron chi connectivity index (χ1n) is 9.94. The monoisotopic (exact) mass is 450 g/mol. The summed E-state index contributed by atoms with van der Waals surface area (Å²) in [5.74, 6) is -0.448. The van der Waals surface area contributed by atoms with Gasteiger partial charge in [0.2, 0.25) is 0 Å². The number of rotatable bonds is 5. The Balaban J connectivity index is 1.98. The van der Waals surface area contributed by atoms with E-state index < -0.39 is 33.3 Å². The topological polar surface area (TPSA) is 101 Å². The third-order valence-electron chi connectivity index (χ3n) is 5.24. The zero-order chi connectivity index (χ0) is 22.2. The summed E-state index contributed by atoms with van der Waals surface area (Å²) < 4.78 is 30.6. The summed E-state index contributed by atoms with van der Waals surface area (Å²) in [4.78, 5) is 14.1. The molecule has 2 N–H and O–H groups in total. The number of esters is 1. The highest BCUT2D eigenvalue weighted by molar-refractivity contribution is 7.92. The van der Waals surface area contributed by atoms with E-state index in [0.29, 0.717) is 23.2 Å². The van der Waals surface area contributed by atoms with Gasteiger partial charge in [-0.3, -0.25) is 4.79 Å². The SMILES string of the molecule is CC(C)(C)OC(=O)C[C@]1(c2ccc(-c3ccc(B(O)O)cc3)s2)CCCCS1(=O)=O. The smallest absolute Gasteiger partial charge is 0.460 e. The molecule has 2 heterocycles. The van der Waals surface area contributed by atoms with E-state index in [0.717, 1.165) is 16.9 Å². The summed E-state index contributed by atoms with van der Waals surface area (Å²) in [6.45, 7) is 5.30. The Labute approximate surface area is 182 Å². The summed E-state index contributed by atoms with van der Waals surface area (Å²) in [5, 5.41) is 18.5. The number of hydrogen-bond acceptors (Lipinski definition) is 7. The van der Waals surface area contributed by atoms with Crippen molar-refractivity contribution in [2.24, 2.45) is 0 Å². The summed E-state index contributed by atoms with van der Waals surface area (Å²) in [6, 6.07) is 10.4. The lowest BCUT2D eigenvalue weighted by Crippen LogP contribution is -2.43. The molecule has 0 amide bonds. The molecule has 0 saturated carbocycles. The minimum absolute atomic E-state index is 0.0616. The molecule has 0 radical (unpaired) electrons. The van der Waals surface area contributed by atoms with E-state index in [4.69, 9.17) is 4.74 Å². The molecule has 6 nitrogen and oxygen atoms in total. The predicted octanol–water partition coefficient (Wildman–Crippen LogP) is 2.62. The molecular formula is C21H27BO6S2. The minimum Gasteiger partial charge on any atom is -0.460 e. The maximum absolute atomic E-state index is 13.2. The molecule has 1 aliphatic rings. The van der Waals surface area contributed by atoms with Crippen molar-refractivity contribution in [2.45, 2.75) is 56.8 Å². The highest BCUT2D eigenvalue weighted by Gasteiger charge is 2.50. The number of sulfone groups is 1. The molecule has 30 heavy (non-hydrogen) atoms. The van der Waals surface area contributed by atoms with Crippen molar-refractivity contribution in [1.82, 2.24) is 0 Å². The second-order valence-electron chi connectivity index (χ2n) is 8.69. The Hall–Kier alpha value is -1.68. The molecular weight excluding hydrogens is 423 g/mol. The molecule has 1 aromatic heterocycles. The first-order valence-corrected chi connectivity index (χ1v) is 12.4. The lowest BCUT2D eigenvalue weighted by Gasteiger charge is -2.36. The molecule has 1 aromatic carbocycles. The van der Waals surface area contributed by atoms with Crippen molar-refractivity contribution in [3.8, 4) is 10.4 Å². The highest BCUT2D eigenvalue weighted by Crippen LogP contribution is 2.47. The quantitative estimate of drug-likeness (QED) is 0.537. The van der Waals surface area contributed by atoms with Crippen LogP contribution in [0.3, 0.4) is 0 Å². The summed E-state index contributed by atoms with van der Waals surface area (Å²) in [7, 11) is -5.07. The lowest BCUT2D eigenvalue weighted by atomic mass is 9.80. The Morgan fingerprint density at radius 3 is 2.37 bits per heavy atom. The number of ether oxygens (including phenoxy) is 1. The largest absolute Gasteiger partial charge is 0.488 e. The third kappa shape index (κ3) is 4.80. The van der Waals surface area contributed by atoms with Crippen LogP contribution in [0.15, 0.2) is 36.4 Å². The maximum Gasteiger partial charge on any atom is 0.488 e. The molecule has 1 atom stereocenters. The van der Waals surface area contributed by atoms with Crippen LogP contribution in [0.25, 0.3) is 10.4 Å². The fraction of sp³-hybridized carbons (Fsp3) is 0.476. The van der Waals surface area contributed by atoms with E-state index >= 15 is 0 Å². The molecule has 162 valence electrons. The van der Waals surface area contributed by atoms with E-state index in [1.54, 1.807) is 51.1 Å². The van der Waals surface area contributed by atoms with Gasteiger partial charge in [0, 0.05) is 9.75 Å². The Bertz CT molecular complexity index is 1000. The van der Waals surface area contributed by atoms with E-state index in [1.165, 1.54) is 11.3 Å². The minimum atomic E-state index is -3.53. The number of carbonyl (C=O) groups is 1. The van der Waals surface area contributed by atoms with Gasteiger partial charge in [-0.2, -0.15) is 0 Å². The van der Waals surface area contributed by atoms with Gasteiger partial charge in [0.05, 0.1) is 12.2 Å². The summed E-state index contributed by atoms with van der Waals surface area (Å²) >= 11 is 1.36. The highest BCUT2D eigenvalue weighted by atomic mass is 32.2. The van der Waals surface area contributed by atoms with Crippen LogP contribution >= 0.6 is 11.3 Å². The zero-order valence-corrected chi connectivity index (χ0v) is 19.1. The predicted molar refractivity (Wildman–Crippen MR) is 119 cm³/mol. The van der Waals surface area contributed by atoms with Gasteiger partial charge >= 0.3 is 13.1 Å². The van der Waals surface area contributed by atoms with E-state index in [9.17, 15) is 23.3 Å². The molecule has 0 bridgehead atoms. The lowest BCUT2D eigenvalue weighted by molar-refractivity contribution is -0.155. The Kier molecular flexibility index (Phi) is 6.48. The number of thiophene rings is 1. The standard InChI is InChI=1S/C21H27BO6S2/c1-20(2,3)28-19(23)14-21(12-4-5-13-30(21,26)27)18-11-10-17(29-18)15-6-8-16(9-7-15)22(24)25/h6-11,24-25H,4-5,12-14H2,1-3H3/t21-/m0/s1. The van der Waals surface area contributed by atoms with Crippen molar-refractivity contribution < 1.29 is 28.0 Å². The fourth-order valence-electron chi connectivity index (χ4n) is 3.78. The van der Waals surface area contributed by atoms with Crippen LogP contribution in [0.4, 0.5) is 0 Å². The van der Waals surface area contributed by atoms with Gasteiger partial charge in [0.1, 0.15) is 10.3 Å². The van der Waals surface area contributed by atoms with Crippen LogP contribution in [0, 0.1) is 0 Å². The van der Waals surface area contributed by atoms with E-state index in [-0.39, 0.29) is 12.2 Å². The molecule has 0 spiro atoms. The van der Waals surface area contributed by atoms with Crippen LogP contribution in [-0.2, 0) is 24.1 Å². The molecule has 0 unspecified atom stereocenters. The second-order valence-corrected chi connectivity index (χ2v) is 12.2. The second kappa shape index (κ2) is 8.46. The number of benzene rings is 1. The molecule has 3 rings (SSSR count). The summed E-state index contributed by atoms with van der Waals surface area (Å²) in [5.41, 5.74) is 0.541. The van der Waals surface area contributed by atoms with Crippen LogP contribution in [-0.4, -0.2) is 42.9 Å². The average Bonchev–Trinajstić information content (AvgIpc) is 3.12. The normalized spacial score (nSPS) is 21.2. The Morgan fingerprint density at radius 2 is 1.80 bits per heavy atom. The maximum atomic E-state index is 13.2. The van der Waals surface area contributed by atoms with Crippen LogP contribution < -0.4 is 5.46 Å². The molecule has 1 saturated heterocycles.